The monoisotopic (exact) mass is 375 g/mol. The Kier molecular flexibility index (Phi) is 4.53. The molecule has 0 saturated heterocycles. The summed E-state index contributed by atoms with van der Waals surface area (Å²) < 4.78 is 5.21. The van der Waals surface area contributed by atoms with Gasteiger partial charge in [0.15, 0.2) is 5.41 Å². The molecule has 0 spiro atoms. The van der Waals surface area contributed by atoms with Crippen LogP contribution in [0.4, 0.5) is 0 Å². The molecule has 1 aliphatic carbocycles. The average Bonchev–Trinajstić information content (AvgIpc) is 3.19. The van der Waals surface area contributed by atoms with Crippen LogP contribution in [0.5, 0.6) is 0 Å². The van der Waals surface area contributed by atoms with Gasteiger partial charge in [-0.15, -0.1) is 0 Å². The lowest BCUT2D eigenvalue weighted by atomic mass is 9.58. The van der Waals surface area contributed by atoms with Crippen LogP contribution in [0.3, 0.4) is 0 Å². The molecule has 1 aliphatic heterocycles. The summed E-state index contributed by atoms with van der Waals surface area (Å²) in [6.45, 7) is 6.18. The Balaban J connectivity index is 2.22. The predicted molar refractivity (Wildman–Crippen MR) is 99.5 cm³/mol. The van der Waals surface area contributed by atoms with Gasteiger partial charge >= 0.3 is 0 Å². The number of nitrogens with zero attached hydrogens (tertiary/aromatic N) is 4. The van der Waals surface area contributed by atoms with Crippen molar-refractivity contribution < 1.29 is 9.21 Å². The molecule has 0 bridgehead atoms. The summed E-state index contributed by atoms with van der Waals surface area (Å²) in [5, 5.41) is 29.6. The molecule has 2 unspecified atom stereocenters. The first-order chi connectivity index (χ1) is 13.2. The van der Waals surface area contributed by atoms with Gasteiger partial charge in [0.25, 0.3) is 0 Å². The standard InChI is InChI=1S/C21H21N5O2/c1-20(2,3)19(27)26-6-4-14-15(8-22)18(25)21(11-23,12-24)17(16(14)9-26)13-5-7-28-10-13/h4-5,7,10,16-17H,6,9,25H2,1-3H3. The molecule has 0 fully saturated rings. The van der Waals surface area contributed by atoms with Gasteiger partial charge in [-0.05, 0) is 17.2 Å². The number of hydrogen-bond acceptors (Lipinski definition) is 6. The number of carbonyl (C=O) groups is 1. The zero-order chi connectivity index (χ0) is 20.7. The zero-order valence-corrected chi connectivity index (χ0v) is 16.1. The number of rotatable bonds is 1. The summed E-state index contributed by atoms with van der Waals surface area (Å²) >= 11 is 0. The normalized spacial score (nSPS) is 23.7. The molecule has 0 aromatic carbocycles. The molecule has 2 N–H and O–H groups in total. The van der Waals surface area contributed by atoms with E-state index in [4.69, 9.17) is 10.2 Å². The minimum Gasteiger partial charge on any atom is -0.472 e. The minimum absolute atomic E-state index is 0.0331. The van der Waals surface area contributed by atoms with Crippen LogP contribution >= 0.6 is 0 Å². The molecule has 3 rings (SSSR count). The number of carbonyl (C=O) groups excluding carboxylic acids is 1. The van der Waals surface area contributed by atoms with Crippen LogP contribution < -0.4 is 5.73 Å². The van der Waals surface area contributed by atoms with Crippen LogP contribution in [0.1, 0.15) is 32.3 Å². The molecule has 2 heterocycles. The maximum atomic E-state index is 12.8. The van der Waals surface area contributed by atoms with Gasteiger partial charge in [-0.1, -0.05) is 26.8 Å². The molecule has 142 valence electrons. The smallest absolute Gasteiger partial charge is 0.228 e. The second-order valence-corrected chi connectivity index (χ2v) is 8.19. The fraction of sp³-hybridized carbons (Fsp3) is 0.429. The van der Waals surface area contributed by atoms with E-state index in [1.807, 2.05) is 26.8 Å². The molecular weight excluding hydrogens is 354 g/mol. The van der Waals surface area contributed by atoms with Crippen molar-refractivity contribution in [2.45, 2.75) is 26.7 Å². The van der Waals surface area contributed by atoms with Gasteiger partial charge in [0.05, 0.1) is 35.9 Å². The van der Waals surface area contributed by atoms with Gasteiger partial charge in [-0.25, -0.2) is 0 Å². The molecule has 1 aromatic heterocycles. The van der Waals surface area contributed by atoms with Gasteiger partial charge < -0.3 is 15.1 Å². The minimum atomic E-state index is -1.72. The van der Waals surface area contributed by atoms with E-state index >= 15 is 0 Å². The molecule has 0 saturated carbocycles. The van der Waals surface area contributed by atoms with Crippen LogP contribution in [0.2, 0.25) is 0 Å². The summed E-state index contributed by atoms with van der Waals surface area (Å²) in [4.78, 5) is 14.6. The molecule has 7 nitrogen and oxygen atoms in total. The number of fused-ring (bicyclic) bond motifs is 1. The third kappa shape index (κ3) is 2.66. The Labute approximate surface area is 163 Å². The number of nitriles is 3. The molecule has 7 heteroatoms. The second-order valence-electron chi connectivity index (χ2n) is 8.19. The van der Waals surface area contributed by atoms with Crippen molar-refractivity contribution >= 4 is 5.91 Å². The summed E-state index contributed by atoms with van der Waals surface area (Å²) in [7, 11) is 0. The third-order valence-electron chi connectivity index (χ3n) is 5.50. The van der Waals surface area contributed by atoms with E-state index in [0.29, 0.717) is 24.2 Å². The Morgan fingerprint density at radius 1 is 1.32 bits per heavy atom. The highest BCUT2D eigenvalue weighted by Crippen LogP contribution is 2.54. The number of nitrogens with two attached hydrogens (primary N) is 1. The summed E-state index contributed by atoms with van der Waals surface area (Å²) in [6.07, 6.45) is 4.77. The molecule has 2 aliphatic rings. The van der Waals surface area contributed by atoms with E-state index in [9.17, 15) is 20.6 Å². The Hall–Kier alpha value is -3.50. The van der Waals surface area contributed by atoms with E-state index in [1.165, 1.54) is 12.5 Å². The van der Waals surface area contributed by atoms with Crippen molar-refractivity contribution in [1.82, 2.24) is 4.90 Å². The van der Waals surface area contributed by atoms with E-state index in [0.717, 1.165) is 0 Å². The molecule has 1 amide bonds. The fourth-order valence-electron chi connectivity index (χ4n) is 4.15. The Bertz CT molecular complexity index is 976. The lowest BCUT2D eigenvalue weighted by Crippen LogP contribution is -2.51. The summed E-state index contributed by atoms with van der Waals surface area (Å²) in [6, 6.07) is 7.89. The van der Waals surface area contributed by atoms with Crippen LogP contribution in [0.25, 0.3) is 0 Å². The van der Waals surface area contributed by atoms with Crippen molar-refractivity contribution in [3.63, 3.8) is 0 Å². The molecule has 0 radical (unpaired) electrons. The van der Waals surface area contributed by atoms with Crippen molar-refractivity contribution in [1.29, 1.82) is 15.8 Å². The maximum absolute atomic E-state index is 12.8. The van der Waals surface area contributed by atoms with Crippen molar-refractivity contribution in [2.24, 2.45) is 22.5 Å². The van der Waals surface area contributed by atoms with Crippen molar-refractivity contribution in [3.8, 4) is 18.2 Å². The van der Waals surface area contributed by atoms with Gasteiger partial charge in [0.1, 0.15) is 6.07 Å². The maximum Gasteiger partial charge on any atom is 0.228 e. The Morgan fingerprint density at radius 3 is 2.50 bits per heavy atom. The molecular formula is C21H21N5O2. The fourth-order valence-corrected chi connectivity index (χ4v) is 4.15. The third-order valence-corrected chi connectivity index (χ3v) is 5.50. The molecule has 1 aromatic rings. The Morgan fingerprint density at radius 2 is 2.00 bits per heavy atom. The zero-order valence-electron chi connectivity index (χ0n) is 16.1. The first-order valence-corrected chi connectivity index (χ1v) is 8.96. The number of allylic oxidation sites excluding steroid dienone is 2. The van der Waals surface area contributed by atoms with E-state index < -0.39 is 22.7 Å². The SMILES string of the molecule is CC(C)(C)C(=O)N1CC=C2C(C#N)=C(N)C(C#N)(C#N)C(c3ccoc3)C2C1. The summed E-state index contributed by atoms with van der Waals surface area (Å²) in [5.74, 6) is -1.10. The van der Waals surface area contributed by atoms with Gasteiger partial charge in [-0.2, -0.15) is 15.8 Å². The van der Waals surface area contributed by atoms with Gasteiger partial charge in [0.2, 0.25) is 5.91 Å². The highest BCUT2D eigenvalue weighted by molar-refractivity contribution is 5.82. The van der Waals surface area contributed by atoms with Crippen LogP contribution in [0, 0.1) is 50.7 Å². The van der Waals surface area contributed by atoms with Crippen molar-refractivity contribution in [3.05, 3.63) is 47.1 Å². The van der Waals surface area contributed by atoms with Crippen LogP contribution in [0.15, 0.2) is 45.9 Å². The lowest BCUT2D eigenvalue weighted by Gasteiger charge is -2.45. The number of hydrogen-bond donors (Lipinski definition) is 1. The predicted octanol–water partition coefficient (Wildman–Crippen LogP) is 2.58. The second kappa shape index (κ2) is 6.59. The van der Waals surface area contributed by atoms with Crippen LogP contribution in [-0.4, -0.2) is 23.9 Å². The molecule has 2 atom stereocenters. The lowest BCUT2D eigenvalue weighted by molar-refractivity contribution is -0.139. The highest BCUT2D eigenvalue weighted by Gasteiger charge is 2.55. The average molecular weight is 375 g/mol. The largest absolute Gasteiger partial charge is 0.472 e. The van der Waals surface area contributed by atoms with Crippen molar-refractivity contribution in [2.75, 3.05) is 13.1 Å². The van der Waals surface area contributed by atoms with E-state index in [-0.39, 0.29) is 17.2 Å². The number of amides is 1. The van der Waals surface area contributed by atoms with Gasteiger partial charge in [0, 0.05) is 30.3 Å². The van der Waals surface area contributed by atoms with E-state index in [1.54, 1.807) is 11.0 Å². The quantitative estimate of drug-likeness (QED) is 0.802. The molecule has 28 heavy (non-hydrogen) atoms. The highest BCUT2D eigenvalue weighted by atomic mass is 16.3. The number of furan rings is 1. The summed E-state index contributed by atoms with van der Waals surface area (Å²) in [5.41, 5.74) is 5.38. The topological polar surface area (TPSA) is 131 Å². The first kappa shape index (κ1) is 19.3. The first-order valence-electron chi connectivity index (χ1n) is 8.96. The van der Waals surface area contributed by atoms with Crippen LogP contribution in [-0.2, 0) is 4.79 Å². The van der Waals surface area contributed by atoms with E-state index in [2.05, 4.69) is 18.2 Å². The van der Waals surface area contributed by atoms with Gasteiger partial charge in [-0.3, -0.25) is 4.79 Å².